The Morgan fingerprint density at radius 1 is 1.37 bits per heavy atom. The van der Waals surface area contributed by atoms with Crippen LogP contribution in [0.15, 0.2) is 37.0 Å². The number of halogens is 3. The third-order valence-corrected chi connectivity index (χ3v) is 4.29. The fourth-order valence-corrected chi connectivity index (χ4v) is 2.31. The number of aromatic nitrogens is 1. The van der Waals surface area contributed by atoms with Gasteiger partial charge in [0.15, 0.2) is 0 Å². The Bertz CT molecular complexity index is 908. The molecule has 27 heavy (non-hydrogen) atoms. The van der Waals surface area contributed by atoms with Crippen molar-refractivity contribution in [2.45, 2.75) is 19.4 Å². The lowest BCUT2D eigenvalue weighted by molar-refractivity contribution is -0.384. The molecule has 0 aliphatic heterocycles. The Balaban J connectivity index is 3.54. The van der Waals surface area contributed by atoms with Crippen LogP contribution in [0, 0.1) is 24.0 Å². The van der Waals surface area contributed by atoms with E-state index in [0.717, 1.165) is 0 Å². The van der Waals surface area contributed by atoms with Gasteiger partial charge in [0.2, 0.25) is 0 Å². The molecule has 1 rings (SSSR count). The minimum absolute atomic E-state index is 0.00607. The first-order valence-corrected chi connectivity index (χ1v) is 8.60. The lowest BCUT2D eigenvalue weighted by Crippen LogP contribution is -2.29. The molecule has 0 saturated heterocycles. The van der Waals surface area contributed by atoms with Gasteiger partial charge < -0.3 is 9.50 Å². The SMILES string of the molecule is C=C/C=C(\C=C)CNc1c(C)c(C)nc(OS(=O)(=O)C(F)(F)F)c1[N+](=O)[O-]. The second kappa shape index (κ2) is 8.20. The van der Waals surface area contributed by atoms with Crippen LogP contribution in [0.3, 0.4) is 0 Å². The van der Waals surface area contributed by atoms with Crippen molar-refractivity contribution in [1.82, 2.24) is 4.98 Å². The van der Waals surface area contributed by atoms with E-state index in [0.29, 0.717) is 5.57 Å². The second-order valence-electron chi connectivity index (χ2n) is 5.13. The van der Waals surface area contributed by atoms with Gasteiger partial charge in [-0.2, -0.15) is 21.6 Å². The number of rotatable bonds is 8. The van der Waals surface area contributed by atoms with Crippen LogP contribution in [0.5, 0.6) is 5.88 Å². The number of nitrogens with zero attached hydrogens (tertiary/aromatic N) is 2. The molecule has 0 unspecified atom stereocenters. The van der Waals surface area contributed by atoms with Crippen LogP contribution in [-0.4, -0.2) is 30.4 Å². The number of nitrogens with one attached hydrogen (secondary N) is 1. The maximum atomic E-state index is 12.6. The van der Waals surface area contributed by atoms with Crippen LogP contribution >= 0.6 is 0 Å². The van der Waals surface area contributed by atoms with Crippen LogP contribution < -0.4 is 9.50 Å². The van der Waals surface area contributed by atoms with E-state index in [1.165, 1.54) is 26.0 Å². The predicted molar refractivity (Wildman–Crippen MR) is 92.9 cm³/mol. The van der Waals surface area contributed by atoms with Crippen LogP contribution in [0.4, 0.5) is 24.5 Å². The molecule has 0 bridgehead atoms. The number of alkyl halides is 3. The van der Waals surface area contributed by atoms with Gasteiger partial charge in [-0.3, -0.25) is 10.1 Å². The van der Waals surface area contributed by atoms with Gasteiger partial charge >= 0.3 is 27.2 Å². The van der Waals surface area contributed by atoms with Crippen molar-refractivity contribution < 1.29 is 30.7 Å². The zero-order valence-electron chi connectivity index (χ0n) is 14.3. The summed E-state index contributed by atoms with van der Waals surface area (Å²) in [6.07, 6.45) is 4.44. The van der Waals surface area contributed by atoms with Crippen molar-refractivity contribution in [1.29, 1.82) is 0 Å². The van der Waals surface area contributed by atoms with Crippen LogP contribution in [0.2, 0.25) is 0 Å². The van der Waals surface area contributed by atoms with E-state index in [2.05, 4.69) is 27.6 Å². The van der Waals surface area contributed by atoms with Gasteiger partial charge in [0.1, 0.15) is 5.69 Å². The molecule has 1 aromatic heterocycles. The summed E-state index contributed by atoms with van der Waals surface area (Å²) in [5, 5.41) is 14.1. The van der Waals surface area contributed by atoms with Gasteiger partial charge in [0, 0.05) is 17.8 Å². The second-order valence-corrected chi connectivity index (χ2v) is 6.66. The van der Waals surface area contributed by atoms with Crippen molar-refractivity contribution in [2.75, 3.05) is 11.9 Å². The quantitative estimate of drug-likeness (QED) is 0.231. The zero-order valence-corrected chi connectivity index (χ0v) is 15.1. The average Bonchev–Trinajstić information content (AvgIpc) is 2.53. The van der Waals surface area contributed by atoms with Gasteiger partial charge in [-0.1, -0.05) is 31.4 Å². The standard InChI is InChI=1S/C15H16F3N3O5S/c1-5-7-11(6-2)8-19-12-9(3)10(4)20-14(13(12)21(22)23)26-27(24,25)15(16,17)18/h5-7H,1-2,8H2,3-4H3,(H,19,20)/b11-7+. The summed E-state index contributed by atoms with van der Waals surface area (Å²) >= 11 is 0. The minimum Gasteiger partial charge on any atom is -0.375 e. The zero-order chi connectivity index (χ0) is 21.0. The highest BCUT2D eigenvalue weighted by Gasteiger charge is 2.50. The summed E-state index contributed by atoms with van der Waals surface area (Å²) < 4.78 is 64.1. The van der Waals surface area contributed by atoms with E-state index >= 15 is 0 Å². The molecule has 148 valence electrons. The number of allylic oxidation sites excluding steroid dienone is 2. The minimum atomic E-state index is -6.13. The summed E-state index contributed by atoms with van der Waals surface area (Å²) in [5.41, 5.74) is -6.18. The molecular formula is C15H16F3N3O5S. The lowest BCUT2D eigenvalue weighted by atomic mass is 10.1. The number of pyridine rings is 1. The Morgan fingerprint density at radius 2 is 1.96 bits per heavy atom. The molecule has 0 spiro atoms. The lowest BCUT2D eigenvalue weighted by Gasteiger charge is -2.15. The normalized spacial score (nSPS) is 12.4. The molecule has 0 fully saturated rings. The molecule has 0 radical (unpaired) electrons. The molecule has 0 amide bonds. The van der Waals surface area contributed by atoms with Gasteiger partial charge in [-0.25, -0.2) is 4.98 Å². The molecule has 12 heteroatoms. The molecule has 1 aromatic rings. The molecule has 0 aromatic carbocycles. The predicted octanol–water partition coefficient (Wildman–Crippen LogP) is 3.55. The summed E-state index contributed by atoms with van der Waals surface area (Å²) in [4.78, 5) is 13.8. The van der Waals surface area contributed by atoms with E-state index < -0.39 is 32.1 Å². The number of nitro groups is 1. The first-order valence-electron chi connectivity index (χ1n) is 7.20. The van der Waals surface area contributed by atoms with Crippen molar-refractivity contribution in [3.05, 3.63) is 58.3 Å². The molecule has 0 saturated carbocycles. The van der Waals surface area contributed by atoms with E-state index in [9.17, 15) is 31.7 Å². The topological polar surface area (TPSA) is 111 Å². The molecule has 0 aliphatic carbocycles. The maximum absolute atomic E-state index is 12.6. The largest absolute Gasteiger partial charge is 0.534 e. The van der Waals surface area contributed by atoms with Gasteiger partial charge in [-0.05, 0) is 19.4 Å². The van der Waals surface area contributed by atoms with E-state index in [-0.39, 0.29) is 23.5 Å². The molecule has 8 nitrogen and oxygen atoms in total. The van der Waals surface area contributed by atoms with Gasteiger partial charge in [0.05, 0.1) is 4.92 Å². The maximum Gasteiger partial charge on any atom is 0.534 e. The number of aryl methyl sites for hydroxylation is 1. The first kappa shape index (κ1) is 22.2. The molecular weight excluding hydrogens is 391 g/mol. The molecule has 1 N–H and O–H groups in total. The van der Waals surface area contributed by atoms with Crippen molar-refractivity contribution >= 4 is 21.5 Å². The van der Waals surface area contributed by atoms with Crippen molar-refractivity contribution in [2.24, 2.45) is 0 Å². The van der Waals surface area contributed by atoms with Crippen LogP contribution in [-0.2, 0) is 10.1 Å². The first-order chi connectivity index (χ1) is 12.4. The third-order valence-electron chi connectivity index (χ3n) is 3.34. The summed E-state index contributed by atoms with van der Waals surface area (Å²) in [7, 11) is -6.13. The smallest absolute Gasteiger partial charge is 0.375 e. The Hall–Kier alpha value is -2.89. The number of anilines is 1. The van der Waals surface area contributed by atoms with E-state index in [1.54, 1.807) is 6.08 Å². The van der Waals surface area contributed by atoms with Crippen molar-refractivity contribution in [3.8, 4) is 5.88 Å². The summed E-state index contributed by atoms with van der Waals surface area (Å²) in [5.74, 6) is -1.28. The fourth-order valence-electron chi connectivity index (χ4n) is 1.89. The molecule has 0 aliphatic rings. The van der Waals surface area contributed by atoms with Crippen molar-refractivity contribution in [3.63, 3.8) is 0 Å². The molecule has 1 heterocycles. The average molecular weight is 407 g/mol. The van der Waals surface area contributed by atoms with E-state index in [1.807, 2.05) is 0 Å². The van der Waals surface area contributed by atoms with E-state index in [4.69, 9.17) is 0 Å². The highest BCUT2D eigenvalue weighted by molar-refractivity contribution is 7.88. The van der Waals surface area contributed by atoms with Gasteiger partial charge in [0.25, 0.3) is 0 Å². The number of hydrogen-bond donors (Lipinski definition) is 1. The summed E-state index contributed by atoms with van der Waals surface area (Å²) in [6.45, 7) is 9.83. The fraction of sp³-hybridized carbons (Fsp3) is 0.267. The Kier molecular flexibility index (Phi) is 6.73. The van der Waals surface area contributed by atoms with Crippen LogP contribution in [0.1, 0.15) is 11.3 Å². The Morgan fingerprint density at radius 3 is 2.41 bits per heavy atom. The monoisotopic (exact) mass is 407 g/mol. The third kappa shape index (κ3) is 5.06. The van der Waals surface area contributed by atoms with Crippen LogP contribution in [0.25, 0.3) is 0 Å². The Labute approximate surface area is 153 Å². The van der Waals surface area contributed by atoms with Gasteiger partial charge in [-0.15, -0.1) is 0 Å². The summed E-state index contributed by atoms with van der Waals surface area (Å²) in [6, 6.07) is 0. The highest BCUT2D eigenvalue weighted by atomic mass is 32.2. The highest BCUT2D eigenvalue weighted by Crippen LogP contribution is 2.39. The number of hydrogen-bond acceptors (Lipinski definition) is 7. The molecule has 0 atom stereocenters.